The molecule has 0 spiro atoms. The van der Waals surface area contributed by atoms with Crippen LogP contribution in [0.5, 0.6) is 11.5 Å². The lowest BCUT2D eigenvalue weighted by atomic mass is 10.1. The molecule has 7 heteroatoms. The van der Waals surface area contributed by atoms with Gasteiger partial charge in [-0.15, -0.1) is 0 Å². The molecule has 1 saturated carbocycles. The summed E-state index contributed by atoms with van der Waals surface area (Å²) >= 11 is 0. The van der Waals surface area contributed by atoms with E-state index in [0.717, 1.165) is 0 Å². The highest BCUT2D eigenvalue weighted by Crippen LogP contribution is 2.39. The van der Waals surface area contributed by atoms with E-state index in [0.29, 0.717) is 13.0 Å². The maximum absolute atomic E-state index is 12.2. The molecule has 0 bridgehead atoms. The van der Waals surface area contributed by atoms with Crippen molar-refractivity contribution in [1.82, 2.24) is 0 Å². The Labute approximate surface area is 128 Å². The van der Waals surface area contributed by atoms with Crippen molar-refractivity contribution in [2.75, 3.05) is 26.1 Å². The summed E-state index contributed by atoms with van der Waals surface area (Å²) in [6.45, 7) is 2.43. The average Bonchev–Trinajstić information content (AvgIpc) is 3.26. The number of hydrogen-bond donors (Lipinski definition) is 2. The van der Waals surface area contributed by atoms with Gasteiger partial charge in [0, 0.05) is 6.61 Å². The maximum Gasteiger partial charge on any atom is 0.335 e. The quantitative estimate of drug-likeness (QED) is 0.797. The van der Waals surface area contributed by atoms with E-state index in [9.17, 15) is 9.59 Å². The molecule has 1 fully saturated rings. The minimum Gasteiger partial charge on any atom is -0.493 e. The third-order valence-electron chi connectivity index (χ3n) is 3.43. The molecule has 0 aromatic heterocycles. The fraction of sp³-hybridized carbons (Fsp3) is 0.467. The normalized spacial score (nSPS) is 19.4. The number of carboxylic acid groups (broad SMARTS) is 1. The van der Waals surface area contributed by atoms with Crippen molar-refractivity contribution in [3.05, 3.63) is 17.7 Å². The van der Waals surface area contributed by atoms with E-state index in [1.54, 1.807) is 0 Å². The van der Waals surface area contributed by atoms with Crippen LogP contribution >= 0.6 is 0 Å². The number of aromatic carboxylic acids is 1. The molecule has 22 heavy (non-hydrogen) atoms. The Morgan fingerprint density at radius 3 is 2.59 bits per heavy atom. The van der Waals surface area contributed by atoms with Crippen LogP contribution in [0.1, 0.15) is 23.7 Å². The van der Waals surface area contributed by atoms with Crippen LogP contribution in [0.15, 0.2) is 12.1 Å². The second-order valence-electron chi connectivity index (χ2n) is 4.89. The molecular formula is C15H19NO6. The Bertz CT molecular complexity index is 586. The Kier molecular flexibility index (Phi) is 4.87. The van der Waals surface area contributed by atoms with Gasteiger partial charge in [-0.3, -0.25) is 4.79 Å². The van der Waals surface area contributed by atoms with E-state index in [1.165, 1.54) is 26.4 Å². The first-order valence-corrected chi connectivity index (χ1v) is 6.93. The van der Waals surface area contributed by atoms with E-state index in [-0.39, 0.29) is 40.7 Å². The maximum atomic E-state index is 12.2. The molecule has 1 amide bonds. The van der Waals surface area contributed by atoms with Gasteiger partial charge in [-0.2, -0.15) is 0 Å². The molecule has 2 unspecified atom stereocenters. The second kappa shape index (κ2) is 6.65. The molecule has 2 N–H and O–H groups in total. The van der Waals surface area contributed by atoms with Gasteiger partial charge in [0.05, 0.1) is 37.5 Å². The molecule has 1 aromatic rings. The number of anilines is 1. The molecule has 2 rings (SSSR count). The number of carbonyl (C=O) groups is 2. The van der Waals surface area contributed by atoms with Crippen LogP contribution < -0.4 is 14.8 Å². The first kappa shape index (κ1) is 16.1. The molecule has 1 aliphatic rings. The number of ether oxygens (including phenoxy) is 3. The van der Waals surface area contributed by atoms with Gasteiger partial charge in [0.2, 0.25) is 5.91 Å². The SMILES string of the molecule is CCOC1CC1C(=O)Nc1cc(C(=O)O)cc(OC)c1OC. The van der Waals surface area contributed by atoms with Gasteiger partial charge in [-0.05, 0) is 25.5 Å². The number of rotatable bonds is 7. The summed E-state index contributed by atoms with van der Waals surface area (Å²) in [6.07, 6.45) is 0.595. The van der Waals surface area contributed by atoms with Gasteiger partial charge < -0.3 is 24.6 Å². The first-order chi connectivity index (χ1) is 10.5. The number of benzene rings is 1. The molecule has 0 aliphatic heterocycles. The summed E-state index contributed by atoms with van der Waals surface area (Å²) in [4.78, 5) is 23.3. The van der Waals surface area contributed by atoms with Gasteiger partial charge in [0.25, 0.3) is 0 Å². The van der Waals surface area contributed by atoms with Crippen LogP contribution in [-0.2, 0) is 9.53 Å². The van der Waals surface area contributed by atoms with Crippen LogP contribution in [0.4, 0.5) is 5.69 Å². The van der Waals surface area contributed by atoms with Crippen LogP contribution in [0, 0.1) is 5.92 Å². The molecule has 0 saturated heterocycles. The van der Waals surface area contributed by atoms with Crippen LogP contribution in [0.3, 0.4) is 0 Å². The Hall–Kier alpha value is -2.28. The monoisotopic (exact) mass is 309 g/mol. The molecule has 1 aliphatic carbocycles. The van der Waals surface area contributed by atoms with Crippen molar-refractivity contribution in [1.29, 1.82) is 0 Å². The van der Waals surface area contributed by atoms with Gasteiger partial charge in [-0.25, -0.2) is 4.79 Å². The van der Waals surface area contributed by atoms with Crippen molar-refractivity contribution < 1.29 is 28.9 Å². The zero-order valence-corrected chi connectivity index (χ0v) is 12.7. The van der Waals surface area contributed by atoms with Crippen LogP contribution in [0.2, 0.25) is 0 Å². The molecule has 1 aromatic carbocycles. The fourth-order valence-corrected chi connectivity index (χ4v) is 2.25. The largest absolute Gasteiger partial charge is 0.493 e. The van der Waals surface area contributed by atoms with Gasteiger partial charge in [0.1, 0.15) is 0 Å². The van der Waals surface area contributed by atoms with E-state index in [2.05, 4.69) is 5.32 Å². The number of methoxy groups -OCH3 is 2. The van der Waals surface area contributed by atoms with Crippen molar-refractivity contribution in [2.45, 2.75) is 19.4 Å². The lowest BCUT2D eigenvalue weighted by Gasteiger charge is -2.14. The summed E-state index contributed by atoms with van der Waals surface area (Å²) in [5.74, 6) is -1.02. The zero-order chi connectivity index (χ0) is 16.3. The predicted molar refractivity (Wildman–Crippen MR) is 78.7 cm³/mol. The lowest BCUT2D eigenvalue weighted by Crippen LogP contribution is -2.18. The van der Waals surface area contributed by atoms with Gasteiger partial charge in [0.15, 0.2) is 11.5 Å². The van der Waals surface area contributed by atoms with E-state index in [4.69, 9.17) is 19.3 Å². The van der Waals surface area contributed by atoms with Crippen LogP contribution in [0.25, 0.3) is 0 Å². The number of carboxylic acids is 1. The number of carbonyl (C=O) groups excluding carboxylic acids is 1. The Balaban J connectivity index is 2.23. The fourth-order valence-electron chi connectivity index (χ4n) is 2.25. The summed E-state index contributed by atoms with van der Waals surface area (Å²) in [7, 11) is 2.83. The molecule has 0 heterocycles. The van der Waals surface area contributed by atoms with Crippen molar-refractivity contribution in [3.8, 4) is 11.5 Å². The number of nitrogens with one attached hydrogen (secondary N) is 1. The minimum atomic E-state index is -1.12. The van der Waals surface area contributed by atoms with E-state index in [1.807, 2.05) is 6.92 Å². The third kappa shape index (κ3) is 3.30. The second-order valence-corrected chi connectivity index (χ2v) is 4.89. The molecule has 120 valence electrons. The molecular weight excluding hydrogens is 290 g/mol. The van der Waals surface area contributed by atoms with Crippen molar-refractivity contribution in [2.24, 2.45) is 5.92 Å². The highest BCUT2D eigenvalue weighted by atomic mass is 16.5. The summed E-state index contributed by atoms with van der Waals surface area (Å²) in [6, 6.07) is 2.69. The Morgan fingerprint density at radius 2 is 2.05 bits per heavy atom. The summed E-state index contributed by atoms with van der Waals surface area (Å²) in [5.41, 5.74) is 0.275. The molecule has 2 atom stereocenters. The standard InChI is InChI=1S/C15H19NO6/c1-4-22-11-7-9(11)14(17)16-10-5-8(15(18)19)6-12(20-2)13(10)21-3/h5-6,9,11H,4,7H2,1-3H3,(H,16,17)(H,18,19). The van der Waals surface area contributed by atoms with Crippen LogP contribution in [-0.4, -0.2) is 43.9 Å². The Morgan fingerprint density at radius 1 is 1.32 bits per heavy atom. The minimum absolute atomic E-state index is 0.00473. The van der Waals surface area contributed by atoms with Crippen molar-refractivity contribution >= 4 is 17.6 Å². The van der Waals surface area contributed by atoms with E-state index >= 15 is 0 Å². The predicted octanol–water partition coefficient (Wildman–Crippen LogP) is 1.77. The molecule has 0 radical (unpaired) electrons. The van der Waals surface area contributed by atoms with E-state index < -0.39 is 5.97 Å². The lowest BCUT2D eigenvalue weighted by molar-refractivity contribution is -0.118. The van der Waals surface area contributed by atoms with Gasteiger partial charge in [-0.1, -0.05) is 0 Å². The van der Waals surface area contributed by atoms with Crippen molar-refractivity contribution in [3.63, 3.8) is 0 Å². The average molecular weight is 309 g/mol. The summed E-state index contributed by atoms with van der Waals surface area (Å²) < 4.78 is 15.7. The zero-order valence-electron chi connectivity index (χ0n) is 12.7. The highest BCUT2D eigenvalue weighted by Gasteiger charge is 2.44. The highest BCUT2D eigenvalue weighted by molar-refractivity contribution is 5.99. The third-order valence-corrected chi connectivity index (χ3v) is 3.43. The number of amides is 1. The van der Waals surface area contributed by atoms with Gasteiger partial charge >= 0.3 is 5.97 Å². The number of hydrogen-bond acceptors (Lipinski definition) is 5. The topological polar surface area (TPSA) is 94.1 Å². The molecule has 7 nitrogen and oxygen atoms in total. The first-order valence-electron chi connectivity index (χ1n) is 6.93. The summed E-state index contributed by atoms with van der Waals surface area (Å²) in [5, 5.41) is 11.8. The smallest absolute Gasteiger partial charge is 0.335 e.